The fraction of sp³-hybridized carbons (Fsp3) is 0.500. The molecular weight excluding hydrogens is 386 g/mol. The lowest BCUT2D eigenvalue weighted by Gasteiger charge is -2.21. The van der Waals surface area contributed by atoms with Crippen LogP contribution in [-0.2, 0) is 4.74 Å². The fourth-order valence-electron chi connectivity index (χ4n) is 2.52. The van der Waals surface area contributed by atoms with Gasteiger partial charge in [-0.3, -0.25) is 25.0 Å². The number of non-ortho nitro benzene ring substituents is 1. The van der Waals surface area contributed by atoms with Gasteiger partial charge in [0.2, 0.25) is 0 Å². The Hall–Kier alpha value is -2.07. The number of carbonyl (C=O) groups is 1. The molecule has 9 nitrogen and oxygen atoms in total. The second kappa shape index (κ2) is 8.15. The molecule has 1 aromatic rings. The average Bonchev–Trinajstić information content (AvgIpc) is 2.55. The van der Waals surface area contributed by atoms with Crippen LogP contribution >= 0.6 is 15.9 Å². The van der Waals surface area contributed by atoms with Gasteiger partial charge in [0.1, 0.15) is 4.47 Å². The van der Waals surface area contributed by atoms with Crippen molar-refractivity contribution < 1.29 is 19.4 Å². The molecule has 1 aliphatic rings. The Morgan fingerprint density at radius 1 is 1.33 bits per heavy atom. The molecule has 2 rings (SSSR count). The summed E-state index contributed by atoms with van der Waals surface area (Å²) < 4.78 is 5.28. The van der Waals surface area contributed by atoms with Crippen molar-refractivity contribution in [3.63, 3.8) is 0 Å². The molecule has 1 fully saturated rings. The first-order valence-electron chi connectivity index (χ1n) is 7.38. The summed E-state index contributed by atoms with van der Waals surface area (Å²) in [7, 11) is 0. The van der Waals surface area contributed by atoms with Gasteiger partial charge < -0.3 is 10.1 Å². The van der Waals surface area contributed by atoms with Crippen molar-refractivity contribution in [3.8, 4) is 0 Å². The van der Waals surface area contributed by atoms with E-state index in [0.717, 1.165) is 38.0 Å². The van der Waals surface area contributed by atoms with E-state index in [9.17, 15) is 25.0 Å². The third-order valence-corrected chi connectivity index (χ3v) is 4.62. The molecule has 0 spiro atoms. The highest BCUT2D eigenvalue weighted by Gasteiger charge is 2.26. The highest BCUT2D eigenvalue weighted by Crippen LogP contribution is 2.33. The molecule has 1 heterocycles. The van der Waals surface area contributed by atoms with Crippen molar-refractivity contribution in [2.24, 2.45) is 5.92 Å². The Balaban J connectivity index is 2.09. The Morgan fingerprint density at radius 2 is 2.08 bits per heavy atom. The maximum absolute atomic E-state index is 12.2. The SMILES string of the molecule is O=C(NCCC1CCCOC1)c1cc([N+](=O)[O-])cc([N+](=O)[O-])c1Br. The van der Waals surface area contributed by atoms with E-state index in [1.807, 2.05) is 0 Å². The quantitative estimate of drug-likeness (QED) is 0.576. The van der Waals surface area contributed by atoms with Crippen molar-refractivity contribution >= 4 is 33.2 Å². The topological polar surface area (TPSA) is 125 Å². The van der Waals surface area contributed by atoms with Gasteiger partial charge in [-0.1, -0.05) is 0 Å². The lowest BCUT2D eigenvalue weighted by molar-refractivity contribution is -0.394. The van der Waals surface area contributed by atoms with Gasteiger partial charge in [-0.15, -0.1) is 0 Å². The van der Waals surface area contributed by atoms with Gasteiger partial charge in [-0.25, -0.2) is 0 Å². The molecule has 0 saturated carbocycles. The lowest BCUT2D eigenvalue weighted by Crippen LogP contribution is -2.28. The van der Waals surface area contributed by atoms with Crippen LogP contribution in [0.5, 0.6) is 0 Å². The number of hydrogen-bond donors (Lipinski definition) is 1. The van der Waals surface area contributed by atoms with Gasteiger partial charge in [0.25, 0.3) is 17.3 Å². The smallest absolute Gasteiger partial charge is 0.291 e. The predicted molar refractivity (Wildman–Crippen MR) is 87.9 cm³/mol. The van der Waals surface area contributed by atoms with Crippen LogP contribution in [-0.4, -0.2) is 35.5 Å². The summed E-state index contributed by atoms with van der Waals surface area (Å²) in [5.74, 6) is -0.229. The number of nitro benzene ring substituents is 2. The molecule has 0 bridgehead atoms. The number of amides is 1. The molecule has 130 valence electrons. The molecule has 0 aromatic heterocycles. The van der Waals surface area contributed by atoms with E-state index in [4.69, 9.17) is 4.74 Å². The van der Waals surface area contributed by atoms with Gasteiger partial charge in [0.15, 0.2) is 0 Å². The molecule has 1 amide bonds. The first kappa shape index (κ1) is 18.3. The molecule has 1 N–H and O–H groups in total. The van der Waals surface area contributed by atoms with Crippen molar-refractivity contribution in [1.82, 2.24) is 5.32 Å². The normalized spacial score (nSPS) is 17.3. The van der Waals surface area contributed by atoms with Crippen molar-refractivity contribution in [1.29, 1.82) is 0 Å². The fourth-order valence-corrected chi connectivity index (χ4v) is 3.07. The molecule has 24 heavy (non-hydrogen) atoms. The second-order valence-electron chi connectivity index (χ2n) is 5.47. The number of nitro groups is 2. The van der Waals surface area contributed by atoms with Crippen LogP contribution in [0.15, 0.2) is 16.6 Å². The van der Waals surface area contributed by atoms with Crippen LogP contribution in [0.2, 0.25) is 0 Å². The molecule has 1 atom stereocenters. The van der Waals surface area contributed by atoms with E-state index in [0.29, 0.717) is 19.1 Å². The first-order chi connectivity index (χ1) is 11.4. The van der Waals surface area contributed by atoms with E-state index in [2.05, 4.69) is 21.2 Å². The third kappa shape index (κ3) is 4.48. The highest BCUT2D eigenvalue weighted by atomic mass is 79.9. The maximum atomic E-state index is 12.2. The van der Waals surface area contributed by atoms with E-state index < -0.39 is 27.1 Å². The molecule has 1 unspecified atom stereocenters. The Kier molecular flexibility index (Phi) is 6.21. The number of nitrogens with zero attached hydrogens (tertiary/aromatic N) is 2. The first-order valence-corrected chi connectivity index (χ1v) is 8.17. The number of ether oxygens (including phenoxy) is 1. The summed E-state index contributed by atoms with van der Waals surface area (Å²) in [4.78, 5) is 32.6. The highest BCUT2D eigenvalue weighted by molar-refractivity contribution is 9.10. The lowest BCUT2D eigenvalue weighted by atomic mass is 9.99. The van der Waals surface area contributed by atoms with Gasteiger partial charge in [0.05, 0.1) is 21.5 Å². The predicted octanol–water partition coefficient (Wildman–Crippen LogP) is 2.81. The summed E-state index contributed by atoms with van der Waals surface area (Å²) in [6, 6.07) is 1.84. The van der Waals surface area contributed by atoms with Gasteiger partial charge in [-0.05, 0) is 41.1 Å². The Bertz CT molecular complexity index is 660. The van der Waals surface area contributed by atoms with Crippen LogP contribution in [0.1, 0.15) is 29.6 Å². The minimum absolute atomic E-state index is 0.0726. The third-order valence-electron chi connectivity index (χ3n) is 3.78. The largest absolute Gasteiger partial charge is 0.381 e. The van der Waals surface area contributed by atoms with Crippen LogP contribution in [0.4, 0.5) is 11.4 Å². The van der Waals surface area contributed by atoms with Crippen LogP contribution in [0.25, 0.3) is 0 Å². The average molecular weight is 402 g/mol. The zero-order valence-corrected chi connectivity index (χ0v) is 14.3. The number of hydrogen-bond acceptors (Lipinski definition) is 6. The summed E-state index contributed by atoms with van der Waals surface area (Å²) in [5.41, 5.74) is -1.15. The zero-order valence-electron chi connectivity index (χ0n) is 12.7. The molecule has 1 saturated heterocycles. The molecule has 10 heteroatoms. The van der Waals surface area contributed by atoms with Crippen molar-refractivity contribution in [2.45, 2.75) is 19.3 Å². The van der Waals surface area contributed by atoms with Crippen molar-refractivity contribution in [3.05, 3.63) is 42.4 Å². The van der Waals surface area contributed by atoms with Gasteiger partial charge in [0, 0.05) is 25.8 Å². The van der Waals surface area contributed by atoms with Crippen LogP contribution in [0.3, 0.4) is 0 Å². The number of nitrogens with one attached hydrogen (secondary N) is 1. The molecule has 0 aliphatic carbocycles. The summed E-state index contributed by atoms with van der Waals surface area (Å²) in [6.45, 7) is 1.78. The molecular formula is C14H16BrN3O6. The summed E-state index contributed by atoms with van der Waals surface area (Å²) >= 11 is 2.99. The second-order valence-corrected chi connectivity index (χ2v) is 6.26. The molecule has 1 aromatic carbocycles. The minimum atomic E-state index is -0.771. The Morgan fingerprint density at radius 3 is 2.67 bits per heavy atom. The number of halogens is 1. The monoisotopic (exact) mass is 401 g/mol. The van der Waals surface area contributed by atoms with Crippen molar-refractivity contribution in [2.75, 3.05) is 19.8 Å². The number of carbonyl (C=O) groups excluding carboxylic acids is 1. The zero-order chi connectivity index (χ0) is 17.7. The molecule has 0 radical (unpaired) electrons. The van der Waals surface area contributed by atoms with Crippen LogP contribution in [0, 0.1) is 26.1 Å². The number of benzene rings is 1. The van der Waals surface area contributed by atoms with E-state index in [1.165, 1.54) is 0 Å². The number of rotatable bonds is 6. The summed E-state index contributed by atoms with van der Waals surface area (Å²) in [5, 5.41) is 24.6. The molecule has 1 aliphatic heterocycles. The minimum Gasteiger partial charge on any atom is -0.381 e. The van der Waals surface area contributed by atoms with Crippen LogP contribution < -0.4 is 5.32 Å². The van der Waals surface area contributed by atoms with E-state index in [1.54, 1.807) is 0 Å². The van der Waals surface area contributed by atoms with E-state index in [-0.39, 0.29) is 10.0 Å². The van der Waals surface area contributed by atoms with Gasteiger partial charge in [-0.2, -0.15) is 0 Å². The van der Waals surface area contributed by atoms with Gasteiger partial charge >= 0.3 is 0 Å². The maximum Gasteiger partial charge on any atom is 0.291 e. The van der Waals surface area contributed by atoms with E-state index >= 15 is 0 Å². The summed E-state index contributed by atoms with van der Waals surface area (Å²) in [6.07, 6.45) is 2.74. The Labute approximate surface area is 145 Å². The standard InChI is InChI=1S/C14H16BrN3O6/c15-13-11(6-10(17(20)21)7-12(13)18(22)23)14(19)16-4-3-9-2-1-5-24-8-9/h6-7,9H,1-5,8H2,(H,16,19).